The van der Waals surface area contributed by atoms with Crippen molar-refractivity contribution in [2.24, 2.45) is 5.92 Å². The second-order valence-corrected chi connectivity index (χ2v) is 7.48. The molecule has 0 saturated carbocycles. The molecule has 0 unspecified atom stereocenters. The lowest BCUT2D eigenvalue weighted by atomic mass is 10.0. The Kier molecular flexibility index (Phi) is 7.89. The van der Waals surface area contributed by atoms with E-state index in [1.807, 2.05) is 13.8 Å². The lowest BCUT2D eigenvalue weighted by molar-refractivity contribution is -0.124. The highest BCUT2D eigenvalue weighted by atomic mass is 16.6. The lowest BCUT2D eigenvalue weighted by Gasteiger charge is -2.25. The monoisotopic (exact) mass is 354 g/mol. The predicted octanol–water partition coefficient (Wildman–Crippen LogP) is 1.37. The third kappa shape index (κ3) is 8.53. The first-order valence-electron chi connectivity index (χ1n) is 8.49. The van der Waals surface area contributed by atoms with Crippen LogP contribution in [0.5, 0.6) is 0 Å². The van der Waals surface area contributed by atoms with Gasteiger partial charge >= 0.3 is 6.09 Å². The summed E-state index contributed by atoms with van der Waals surface area (Å²) in [6, 6.07) is -1.21. The highest BCUT2D eigenvalue weighted by Crippen LogP contribution is 2.09. The minimum atomic E-state index is -0.848. The molecule has 1 aromatic rings. The van der Waals surface area contributed by atoms with Crippen LogP contribution in [0.15, 0.2) is 12.5 Å². The summed E-state index contributed by atoms with van der Waals surface area (Å²) < 4.78 is 5.23. The van der Waals surface area contributed by atoms with Crippen molar-refractivity contribution < 1.29 is 19.4 Å². The Morgan fingerprint density at radius 3 is 2.48 bits per heavy atom. The fraction of sp³-hybridized carbons (Fsp3) is 0.706. The Morgan fingerprint density at radius 1 is 1.32 bits per heavy atom. The average molecular weight is 354 g/mol. The van der Waals surface area contributed by atoms with Crippen molar-refractivity contribution in [2.45, 2.75) is 65.1 Å². The van der Waals surface area contributed by atoms with Crippen LogP contribution in [-0.4, -0.2) is 51.4 Å². The van der Waals surface area contributed by atoms with Gasteiger partial charge < -0.3 is 25.5 Å². The molecule has 0 aliphatic carbocycles. The minimum absolute atomic E-state index is 0.161. The van der Waals surface area contributed by atoms with Gasteiger partial charge in [0, 0.05) is 12.6 Å². The zero-order valence-electron chi connectivity index (χ0n) is 15.6. The second-order valence-electron chi connectivity index (χ2n) is 7.48. The maximum Gasteiger partial charge on any atom is 0.408 e. The van der Waals surface area contributed by atoms with Gasteiger partial charge in [0.1, 0.15) is 11.6 Å². The molecule has 1 heterocycles. The van der Waals surface area contributed by atoms with Gasteiger partial charge in [-0.3, -0.25) is 4.79 Å². The number of aromatic nitrogens is 2. The Bertz CT molecular complexity index is 537. The second kappa shape index (κ2) is 9.41. The van der Waals surface area contributed by atoms with Gasteiger partial charge in [0.05, 0.1) is 24.7 Å². The molecule has 2 atom stereocenters. The van der Waals surface area contributed by atoms with Crippen molar-refractivity contribution in [3.05, 3.63) is 18.2 Å². The van der Waals surface area contributed by atoms with Crippen molar-refractivity contribution in [3.8, 4) is 0 Å². The number of nitrogens with one attached hydrogen (secondary N) is 3. The molecule has 25 heavy (non-hydrogen) atoms. The van der Waals surface area contributed by atoms with Crippen molar-refractivity contribution in [2.75, 3.05) is 6.61 Å². The summed E-state index contributed by atoms with van der Waals surface area (Å²) in [6.45, 7) is 9.11. The number of imidazole rings is 1. The van der Waals surface area contributed by atoms with Gasteiger partial charge in [-0.05, 0) is 33.1 Å². The predicted molar refractivity (Wildman–Crippen MR) is 93.9 cm³/mol. The molecule has 1 rings (SSSR count). The maximum absolute atomic E-state index is 12.6. The van der Waals surface area contributed by atoms with Crippen LogP contribution in [0.1, 0.15) is 46.7 Å². The number of carbonyl (C=O) groups excluding carboxylic acids is 2. The molecular formula is C17H30N4O4. The van der Waals surface area contributed by atoms with Crippen molar-refractivity contribution in [1.82, 2.24) is 20.6 Å². The number of aliphatic hydroxyl groups excluding tert-OH is 1. The van der Waals surface area contributed by atoms with E-state index >= 15 is 0 Å². The van der Waals surface area contributed by atoms with Crippen LogP contribution < -0.4 is 10.6 Å². The zero-order chi connectivity index (χ0) is 19.0. The number of hydrogen-bond acceptors (Lipinski definition) is 5. The summed E-state index contributed by atoms with van der Waals surface area (Å²) in [5.41, 5.74) is -0.0245. The summed E-state index contributed by atoms with van der Waals surface area (Å²) in [7, 11) is 0. The first-order valence-corrected chi connectivity index (χ1v) is 8.49. The summed E-state index contributed by atoms with van der Waals surface area (Å²) in [6.07, 6.45) is 3.35. The lowest BCUT2D eigenvalue weighted by Crippen LogP contribution is -2.52. The van der Waals surface area contributed by atoms with E-state index in [0.29, 0.717) is 18.0 Å². The van der Waals surface area contributed by atoms with Gasteiger partial charge in [0.25, 0.3) is 0 Å². The number of aliphatic hydroxyl groups is 1. The summed E-state index contributed by atoms with van der Waals surface area (Å²) in [4.78, 5) is 31.5. The number of ether oxygens (including phenoxy) is 1. The Morgan fingerprint density at radius 2 is 2.00 bits per heavy atom. The molecule has 8 heteroatoms. The van der Waals surface area contributed by atoms with Crippen LogP contribution in [0.2, 0.25) is 0 Å². The number of aromatic amines is 1. The number of H-pyrrole nitrogens is 1. The number of alkyl carbamates (subject to hydrolysis) is 1. The molecule has 0 spiro atoms. The fourth-order valence-corrected chi connectivity index (χ4v) is 2.32. The van der Waals surface area contributed by atoms with Crippen molar-refractivity contribution >= 4 is 12.0 Å². The van der Waals surface area contributed by atoms with Crippen LogP contribution in [0.25, 0.3) is 0 Å². The van der Waals surface area contributed by atoms with Crippen LogP contribution >= 0.6 is 0 Å². The molecule has 0 aliphatic heterocycles. The smallest absolute Gasteiger partial charge is 0.408 e. The van der Waals surface area contributed by atoms with Gasteiger partial charge in [0.15, 0.2) is 0 Å². The molecule has 0 bridgehead atoms. The van der Waals surface area contributed by atoms with Crippen LogP contribution in [0.3, 0.4) is 0 Å². The van der Waals surface area contributed by atoms with E-state index in [1.165, 1.54) is 6.33 Å². The molecule has 0 radical (unpaired) electrons. The number of nitrogens with zero attached hydrogens (tertiary/aromatic N) is 1. The van der Waals surface area contributed by atoms with Gasteiger partial charge in [0.2, 0.25) is 5.91 Å². The largest absolute Gasteiger partial charge is 0.444 e. The van der Waals surface area contributed by atoms with Crippen molar-refractivity contribution in [1.29, 1.82) is 0 Å². The van der Waals surface area contributed by atoms with Gasteiger partial charge in [-0.2, -0.15) is 0 Å². The molecule has 0 saturated heterocycles. The quantitative estimate of drug-likeness (QED) is 0.563. The normalized spacial score (nSPS) is 14.0. The third-order valence-corrected chi connectivity index (χ3v) is 3.30. The van der Waals surface area contributed by atoms with E-state index in [1.54, 1.807) is 27.0 Å². The van der Waals surface area contributed by atoms with E-state index in [2.05, 4.69) is 20.6 Å². The molecular weight excluding hydrogens is 324 g/mol. The first kappa shape index (κ1) is 21.0. The molecule has 4 N–H and O–H groups in total. The SMILES string of the molecule is CC(C)C[C@@H](CO)NC(=O)[C@H](Cc1c[nH]cn1)NC(=O)OC(C)(C)C. The number of carbonyl (C=O) groups is 2. The Balaban J connectivity index is 2.78. The molecule has 2 amide bonds. The molecule has 142 valence electrons. The molecule has 1 aromatic heterocycles. The van der Waals surface area contributed by atoms with Gasteiger partial charge in [-0.1, -0.05) is 13.8 Å². The highest BCUT2D eigenvalue weighted by Gasteiger charge is 2.27. The molecule has 0 aliphatic rings. The molecule has 0 aromatic carbocycles. The number of hydrogen-bond donors (Lipinski definition) is 4. The van der Waals surface area contributed by atoms with E-state index in [-0.39, 0.29) is 25.0 Å². The minimum Gasteiger partial charge on any atom is -0.444 e. The van der Waals surface area contributed by atoms with Gasteiger partial charge in [-0.15, -0.1) is 0 Å². The van der Waals surface area contributed by atoms with E-state index in [4.69, 9.17) is 4.74 Å². The zero-order valence-corrected chi connectivity index (χ0v) is 15.6. The van der Waals surface area contributed by atoms with Crippen molar-refractivity contribution in [3.63, 3.8) is 0 Å². The maximum atomic E-state index is 12.6. The van der Waals surface area contributed by atoms with Crippen LogP contribution in [-0.2, 0) is 16.0 Å². The first-order chi connectivity index (χ1) is 11.6. The fourth-order valence-electron chi connectivity index (χ4n) is 2.32. The van der Waals surface area contributed by atoms with E-state index in [9.17, 15) is 14.7 Å². The highest BCUT2D eigenvalue weighted by molar-refractivity contribution is 5.86. The molecule has 8 nitrogen and oxygen atoms in total. The summed E-state index contributed by atoms with van der Waals surface area (Å²) in [5, 5.41) is 14.8. The van der Waals surface area contributed by atoms with Crippen LogP contribution in [0, 0.1) is 5.92 Å². The Hall–Kier alpha value is -2.09. The third-order valence-electron chi connectivity index (χ3n) is 3.30. The number of amides is 2. The van der Waals surface area contributed by atoms with Gasteiger partial charge in [-0.25, -0.2) is 9.78 Å². The standard InChI is InChI=1S/C17H30N4O4/c1-11(2)6-13(9-22)20-15(23)14(7-12-8-18-10-19-12)21-16(24)25-17(3,4)5/h8,10-11,13-14,22H,6-7,9H2,1-5H3,(H,18,19)(H,20,23)(H,21,24)/t13-,14-/m0/s1. The van der Waals surface area contributed by atoms with Crippen LogP contribution in [0.4, 0.5) is 4.79 Å². The molecule has 0 fully saturated rings. The average Bonchev–Trinajstić information content (AvgIpc) is 2.96. The van der Waals surface area contributed by atoms with E-state index < -0.39 is 17.7 Å². The summed E-state index contributed by atoms with van der Waals surface area (Å²) >= 11 is 0. The Labute approximate surface area is 148 Å². The topological polar surface area (TPSA) is 116 Å². The summed E-state index contributed by atoms with van der Waals surface area (Å²) in [5.74, 6) is -0.0605. The van der Waals surface area contributed by atoms with E-state index in [0.717, 1.165) is 0 Å². The number of rotatable bonds is 8.